The quantitative estimate of drug-likeness (QED) is 0.785. The summed E-state index contributed by atoms with van der Waals surface area (Å²) in [6.45, 7) is 3.57. The predicted molar refractivity (Wildman–Crippen MR) is 94.3 cm³/mol. The van der Waals surface area contributed by atoms with Crippen molar-refractivity contribution in [1.82, 2.24) is 9.97 Å². The summed E-state index contributed by atoms with van der Waals surface area (Å²) in [5.41, 5.74) is 9.04. The van der Waals surface area contributed by atoms with Crippen LogP contribution in [0, 0.1) is 0 Å². The van der Waals surface area contributed by atoms with Crippen molar-refractivity contribution < 1.29 is 17.9 Å². The lowest BCUT2D eigenvalue weighted by molar-refractivity contribution is -0.274. The molecule has 1 aromatic heterocycles. The monoisotopic (exact) mass is 365 g/mol. The molecule has 0 saturated carbocycles. The Bertz CT molecular complexity index is 825. The van der Waals surface area contributed by atoms with E-state index in [2.05, 4.69) is 25.0 Å². The van der Waals surface area contributed by atoms with Gasteiger partial charge in [0.1, 0.15) is 17.9 Å². The third kappa shape index (κ3) is 5.20. The number of anilines is 2. The van der Waals surface area contributed by atoms with E-state index >= 15 is 0 Å². The first-order valence-corrected chi connectivity index (χ1v) is 7.55. The van der Waals surface area contributed by atoms with Crippen molar-refractivity contribution in [3.05, 3.63) is 48.1 Å². The van der Waals surface area contributed by atoms with E-state index < -0.39 is 6.36 Å². The van der Waals surface area contributed by atoms with Crippen molar-refractivity contribution in [2.24, 2.45) is 10.7 Å². The number of ether oxygens (including phenoxy) is 1. The number of aromatic nitrogens is 2. The van der Waals surface area contributed by atoms with Crippen LogP contribution in [-0.4, -0.2) is 29.1 Å². The van der Waals surface area contributed by atoms with Crippen LogP contribution < -0.4 is 15.8 Å². The summed E-state index contributed by atoms with van der Waals surface area (Å²) in [7, 11) is 1.66. The molecular formula is C17H18F3N5O. The molecule has 0 aliphatic rings. The number of hydrogen-bond acceptors (Lipinski definition) is 6. The van der Waals surface area contributed by atoms with E-state index in [1.165, 1.54) is 30.6 Å². The van der Waals surface area contributed by atoms with Gasteiger partial charge in [-0.05, 0) is 38.1 Å². The topological polar surface area (TPSA) is 85.4 Å². The Morgan fingerprint density at radius 3 is 2.35 bits per heavy atom. The van der Waals surface area contributed by atoms with Gasteiger partial charge in [0, 0.05) is 35.8 Å². The van der Waals surface area contributed by atoms with Gasteiger partial charge in [-0.25, -0.2) is 9.97 Å². The average Bonchev–Trinajstić information content (AvgIpc) is 2.55. The number of allylic oxidation sites excluding steroid dienone is 2. The molecular weight excluding hydrogens is 347 g/mol. The molecule has 2 rings (SSSR count). The molecule has 2 aromatic rings. The van der Waals surface area contributed by atoms with Gasteiger partial charge in [0.25, 0.3) is 0 Å². The third-order valence-corrected chi connectivity index (χ3v) is 3.38. The molecule has 0 radical (unpaired) electrons. The minimum atomic E-state index is -4.72. The van der Waals surface area contributed by atoms with Crippen LogP contribution in [0.3, 0.4) is 0 Å². The number of nitrogens with one attached hydrogen (secondary N) is 1. The van der Waals surface area contributed by atoms with Crippen LogP contribution in [0.1, 0.15) is 19.5 Å². The van der Waals surface area contributed by atoms with Gasteiger partial charge < -0.3 is 15.8 Å². The van der Waals surface area contributed by atoms with Gasteiger partial charge in [0.2, 0.25) is 0 Å². The van der Waals surface area contributed by atoms with E-state index in [4.69, 9.17) is 5.73 Å². The van der Waals surface area contributed by atoms with Crippen molar-refractivity contribution in [3.63, 3.8) is 0 Å². The Morgan fingerprint density at radius 1 is 1.15 bits per heavy atom. The van der Waals surface area contributed by atoms with Crippen LogP contribution in [0.25, 0.3) is 5.57 Å². The van der Waals surface area contributed by atoms with Gasteiger partial charge in [0.15, 0.2) is 0 Å². The van der Waals surface area contributed by atoms with Gasteiger partial charge in [-0.3, -0.25) is 4.99 Å². The summed E-state index contributed by atoms with van der Waals surface area (Å²) in [5.74, 6) is 0.160. The Morgan fingerprint density at radius 2 is 1.81 bits per heavy atom. The molecule has 0 spiro atoms. The largest absolute Gasteiger partial charge is 0.573 e. The molecule has 138 valence electrons. The highest BCUT2D eigenvalue weighted by molar-refractivity contribution is 6.22. The molecule has 0 amide bonds. The van der Waals surface area contributed by atoms with E-state index in [-0.39, 0.29) is 5.75 Å². The zero-order chi connectivity index (χ0) is 19.3. The SMILES string of the molecule is CN=C(C)C(=C(C)N)c1cc(Nc2ccc(OC(F)(F)F)cc2)ncn1. The summed E-state index contributed by atoms with van der Waals surface area (Å²) in [6, 6.07) is 7.00. The summed E-state index contributed by atoms with van der Waals surface area (Å²) >= 11 is 0. The first-order valence-electron chi connectivity index (χ1n) is 7.55. The van der Waals surface area contributed by atoms with Crippen molar-refractivity contribution >= 4 is 22.8 Å². The van der Waals surface area contributed by atoms with Gasteiger partial charge in [0.05, 0.1) is 5.69 Å². The smallest absolute Gasteiger partial charge is 0.406 e. The molecule has 0 fully saturated rings. The fourth-order valence-electron chi connectivity index (χ4n) is 2.23. The van der Waals surface area contributed by atoms with E-state index in [1.807, 2.05) is 6.92 Å². The Kier molecular flexibility index (Phi) is 5.81. The van der Waals surface area contributed by atoms with Gasteiger partial charge in [-0.1, -0.05) is 0 Å². The molecule has 0 bridgehead atoms. The highest BCUT2D eigenvalue weighted by atomic mass is 19.4. The predicted octanol–water partition coefficient (Wildman–Crippen LogP) is 3.90. The number of hydrogen-bond donors (Lipinski definition) is 2. The number of nitrogens with zero attached hydrogens (tertiary/aromatic N) is 3. The lowest BCUT2D eigenvalue weighted by Gasteiger charge is -2.12. The van der Waals surface area contributed by atoms with Crippen LogP contribution in [0.2, 0.25) is 0 Å². The second-order valence-electron chi connectivity index (χ2n) is 5.35. The molecule has 26 heavy (non-hydrogen) atoms. The minimum Gasteiger partial charge on any atom is -0.406 e. The number of aliphatic imine (C=N–C) groups is 1. The lowest BCUT2D eigenvalue weighted by atomic mass is 10.1. The maximum absolute atomic E-state index is 12.2. The second kappa shape index (κ2) is 7.85. The minimum absolute atomic E-state index is 0.301. The van der Waals surface area contributed by atoms with Crippen LogP contribution >= 0.6 is 0 Å². The normalized spacial score (nSPS) is 13.2. The van der Waals surface area contributed by atoms with Gasteiger partial charge in [-0.2, -0.15) is 0 Å². The highest BCUT2D eigenvalue weighted by Crippen LogP contribution is 2.25. The summed E-state index contributed by atoms with van der Waals surface area (Å²) in [6.07, 6.45) is -3.36. The van der Waals surface area contributed by atoms with Crippen LogP contribution in [-0.2, 0) is 0 Å². The Hall–Kier alpha value is -3.10. The fourth-order valence-corrected chi connectivity index (χ4v) is 2.23. The first-order chi connectivity index (χ1) is 12.2. The van der Waals surface area contributed by atoms with Crippen LogP contribution in [0.15, 0.2) is 47.3 Å². The van der Waals surface area contributed by atoms with Gasteiger partial charge in [-0.15, -0.1) is 13.2 Å². The molecule has 0 aliphatic heterocycles. The number of benzene rings is 1. The van der Waals surface area contributed by atoms with E-state index in [0.29, 0.717) is 28.5 Å². The maximum Gasteiger partial charge on any atom is 0.573 e. The van der Waals surface area contributed by atoms with Gasteiger partial charge >= 0.3 is 6.36 Å². The zero-order valence-corrected chi connectivity index (χ0v) is 14.4. The maximum atomic E-state index is 12.2. The lowest BCUT2D eigenvalue weighted by Crippen LogP contribution is -2.16. The second-order valence-corrected chi connectivity index (χ2v) is 5.35. The molecule has 0 atom stereocenters. The molecule has 1 aromatic carbocycles. The average molecular weight is 365 g/mol. The zero-order valence-electron chi connectivity index (χ0n) is 14.4. The molecule has 9 heteroatoms. The van der Waals surface area contributed by atoms with Crippen LogP contribution in [0.4, 0.5) is 24.7 Å². The number of halogens is 3. The molecule has 0 unspecified atom stereocenters. The summed E-state index contributed by atoms with van der Waals surface area (Å²) in [4.78, 5) is 12.4. The van der Waals surface area contributed by atoms with E-state index in [1.54, 1.807) is 20.0 Å². The van der Waals surface area contributed by atoms with E-state index in [9.17, 15) is 13.2 Å². The molecule has 0 aliphatic carbocycles. The molecule has 6 nitrogen and oxygen atoms in total. The fraction of sp³-hybridized carbons (Fsp3) is 0.235. The Labute approximate surface area is 148 Å². The third-order valence-electron chi connectivity index (χ3n) is 3.38. The van der Waals surface area contributed by atoms with E-state index in [0.717, 1.165) is 5.71 Å². The standard InChI is InChI=1S/C17H18F3N5O/c1-10(21)16(11(2)22-3)14-8-15(24-9-23-14)25-12-4-6-13(7-5-12)26-17(18,19)20/h4-9H,21H2,1-3H3,(H,23,24,25). The summed E-state index contributed by atoms with van der Waals surface area (Å²) in [5, 5.41) is 2.99. The molecule has 0 saturated heterocycles. The van der Waals surface area contributed by atoms with Crippen molar-refractivity contribution in [3.8, 4) is 5.75 Å². The highest BCUT2D eigenvalue weighted by Gasteiger charge is 2.30. The van der Waals surface area contributed by atoms with Crippen molar-refractivity contribution in [1.29, 1.82) is 0 Å². The first kappa shape index (κ1) is 19.2. The number of alkyl halides is 3. The van der Waals surface area contributed by atoms with Crippen molar-refractivity contribution in [2.75, 3.05) is 12.4 Å². The number of nitrogens with two attached hydrogens (primary N) is 1. The van der Waals surface area contributed by atoms with Crippen LogP contribution in [0.5, 0.6) is 5.75 Å². The molecule has 1 heterocycles. The summed E-state index contributed by atoms with van der Waals surface area (Å²) < 4.78 is 40.4. The Balaban J connectivity index is 2.22. The van der Waals surface area contributed by atoms with Crippen molar-refractivity contribution in [2.45, 2.75) is 20.2 Å². The molecule has 3 N–H and O–H groups in total. The number of rotatable bonds is 5.